The van der Waals surface area contributed by atoms with E-state index >= 15 is 0 Å². The topological polar surface area (TPSA) is 55.8 Å². The van der Waals surface area contributed by atoms with Gasteiger partial charge in [0.25, 0.3) is 0 Å². The van der Waals surface area contributed by atoms with Crippen LogP contribution >= 0.6 is 0 Å². The van der Waals surface area contributed by atoms with Gasteiger partial charge in [0.1, 0.15) is 0 Å². The molecule has 120 valence electrons. The third-order valence-corrected chi connectivity index (χ3v) is 4.19. The lowest BCUT2D eigenvalue weighted by molar-refractivity contribution is -0.139. The Morgan fingerprint density at radius 3 is 2.36 bits per heavy atom. The first-order valence-electron chi connectivity index (χ1n) is 7.62. The van der Waals surface area contributed by atoms with E-state index in [2.05, 4.69) is 0 Å². The average molecular weight is 305 g/mol. The molecule has 0 unspecified atom stereocenters. The van der Waals surface area contributed by atoms with E-state index in [4.69, 9.17) is 9.47 Å². The number of methoxy groups -OCH3 is 2. The van der Waals surface area contributed by atoms with Gasteiger partial charge in [-0.3, -0.25) is 14.5 Å². The number of unbranched alkanes of at least 4 members (excludes halogenated alkanes) is 1. The molecule has 0 aliphatic carbocycles. The number of benzene rings is 1. The molecule has 1 aromatic carbocycles. The molecule has 0 spiro atoms. The summed E-state index contributed by atoms with van der Waals surface area (Å²) in [6, 6.07) is 5.39. The standard InChI is InChI=1S/C17H23NO4/c1-5-6-9-18-16(19)11(2)15(17(18)20)12-7-8-13(21-3)14(10-12)22-4/h7-8,10-11,15H,5-6,9H2,1-4H3/t11-,15-/m0/s1. The van der Waals surface area contributed by atoms with Gasteiger partial charge >= 0.3 is 0 Å². The highest BCUT2D eigenvalue weighted by atomic mass is 16.5. The fourth-order valence-corrected chi connectivity index (χ4v) is 2.89. The predicted molar refractivity (Wildman–Crippen MR) is 83.1 cm³/mol. The Labute approximate surface area is 131 Å². The Bertz CT molecular complexity index is 570. The summed E-state index contributed by atoms with van der Waals surface area (Å²) in [5.74, 6) is 0.195. The zero-order valence-electron chi connectivity index (χ0n) is 13.6. The fraction of sp³-hybridized carbons (Fsp3) is 0.529. The van der Waals surface area contributed by atoms with Crippen molar-refractivity contribution in [1.82, 2.24) is 4.90 Å². The van der Waals surface area contributed by atoms with Crippen LogP contribution in [0.1, 0.15) is 38.2 Å². The monoisotopic (exact) mass is 305 g/mol. The molecule has 22 heavy (non-hydrogen) atoms. The van der Waals surface area contributed by atoms with Crippen LogP contribution in [0.25, 0.3) is 0 Å². The average Bonchev–Trinajstić information content (AvgIpc) is 2.74. The molecule has 1 aromatic rings. The van der Waals surface area contributed by atoms with Crippen LogP contribution in [0, 0.1) is 5.92 Å². The van der Waals surface area contributed by atoms with Crippen LogP contribution in [0.4, 0.5) is 0 Å². The van der Waals surface area contributed by atoms with Crippen LogP contribution in [-0.4, -0.2) is 37.5 Å². The summed E-state index contributed by atoms with van der Waals surface area (Å²) in [4.78, 5) is 26.4. The maximum absolute atomic E-state index is 12.6. The summed E-state index contributed by atoms with van der Waals surface area (Å²) in [6.45, 7) is 4.36. The number of imide groups is 1. The molecule has 0 aromatic heterocycles. The molecule has 5 nitrogen and oxygen atoms in total. The van der Waals surface area contributed by atoms with E-state index in [0.717, 1.165) is 18.4 Å². The number of carbonyl (C=O) groups is 2. The first kappa shape index (κ1) is 16.3. The van der Waals surface area contributed by atoms with Crippen molar-refractivity contribution in [3.8, 4) is 11.5 Å². The van der Waals surface area contributed by atoms with Crippen LogP contribution in [0.3, 0.4) is 0 Å². The lowest BCUT2D eigenvalue weighted by Gasteiger charge is -2.16. The van der Waals surface area contributed by atoms with Crippen molar-refractivity contribution in [2.75, 3.05) is 20.8 Å². The van der Waals surface area contributed by atoms with Crippen LogP contribution in [0.15, 0.2) is 18.2 Å². The fourth-order valence-electron chi connectivity index (χ4n) is 2.89. The van der Waals surface area contributed by atoms with Crippen LogP contribution in [0.2, 0.25) is 0 Å². The maximum atomic E-state index is 12.6. The van der Waals surface area contributed by atoms with Gasteiger partial charge in [0.15, 0.2) is 11.5 Å². The Morgan fingerprint density at radius 2 is 1.77 bits per heavy atom. The zero-order chi connectivity index (χ0) is 16.3. The van der Waals surface area contributed by atoms with E-state index in [1.165, 1.54) is 4.90 Å². The van der Waals surface area contributed by atoms with Crippen LogP contribution in [0.5, 0.6) is 11.5 Å². The van der Waals surface area contributed by atoms with Gasteiger partial charge < -0.3 is 9.47 Å². The summed E-state index contributed by atoms with van der Waals surface area (Å²) in [7, 11) is 3.12. The van der Waals surface area contributed by atoms with Gasteiger partial charge in [0.05, 0.1) is 26.1 Å². The second-order valence-corrected chi connectivity index (χ2v) is 5.56. The quantitative estimate of drug-likeness (QED) is 0.758. The largest absolute Gasteiger partial charge is 0.493 e. The molecule has 2 atom stereocenters. The molecule has 0 saturated carbocycles. The number of ether oxygens (including phenoxy) is 2. The van der Waals surface area contributed by atoms with Gasteiger partial charge in [0.2, 0.25) is 11.8 Å². The lowest BCUT2D eigenvalue weighted by Crippen LogP contribution is -2.31. The number of amides is 2. The van der Waals surface area contributed by atoms with Crippen molar-refractivity contribution in [3.63, 3.8) is 0 Å². The maximum Gasteiger partial charge on any atom is 0.237 e. The van der Waals surface area contributed by atoms with Gasteiger partial charge in [-0.1, -0.05) is 26.3 Å². The van der Waals surface area contributed by atoms with Crippen molar-refractivity contribution in [3.05, 3.63) is 23.8 Å². The summed E-state index contributed by atoms with van der Waals surface area (Å²) in [6.07, 6.45) is 1.79. The smallest absolute Gasteiger partial charge is 0.237 e. The molecule has 0 N–H and O–H groups in total. The summed E-state index contributed by atoms with van der Waals surface area (Å²) >= 11 is 0. The number of carbonyl (C=O) groups excluding carboxylic acids is 2. The van der Waals surface area contributed by atoms with E-state index in [-0.39, 0.29) is 17.7 Å². The van der Waals surface area contributed by atoms with Gasteiger partial charge in [-0.2, -0.15) is 0 Å². The second kappa shape index (κ2) is 6.81. The Morgan fingerprint density at radius 1 is 1.09 bits per heavy atom. The van der Waals surface area contributed by atoms with Crippen LogP contribution < -0.4 is 9.47 Å². The number of hydrogen-bond acceptors (Lipinski definition) is 4. The first-order chi connectivity index (χ1) is 10.5. The Kier molecular flexibility index (Phi) is 5.06. The molecule has 2 amide bonds. The van der Waals surface area contributed by atoms with Crippen molar-refractivity contribution in [2.24, 2.45) is 5.92 Å². The SMILES string of the molecule is CCCCN1C(=O)[C@@H](C)[C@@H](c2ccc(OC)c(OC)c2)C1=O. The van der Waals surface area contributed by atoms with Crippen molar-refractivity contribution in [1.29, 1.82) is 0 Å². The molecule has 2 rings (SSSR count). The number of rotatable bonds is 6. The normalized spacial score (nSPS) is 21.4. The summed E-state index contributed by atoms with van der Waals surface area (Å²) in [5.41, 5.74) is 0.794. The van der Waals surface area contributed by atoms with E-state index in [9.17, 15) is 9.59 Å². The summed E-state index contributed by atoms with van der Waals surface area (Å²) < 4.78 is 10.5. The first-order valence-corrected chi connectivity index (χ1v) is 7.62. The van der Waals surface area contributed by atoms with Crippen LogP contribution in [-0.2, 0) is 9.59 Å². The van der Waals surface area contributed by atoms with E-state index in [0.29, 0.717) is 18.0 Å². The van der Waals surface area contributed by atoms with Gasteiger partial charge in [-0.05, 0) is 24.1 Å². The van der Waals surface area contributed by atoms with Gasteiger partial charge in [-0.15, -0.1) is 0 Å². The van der Waals surface area contributed by atoms with Gasteiger partial charge in [-0.25, -0.2) is 0 Å². The van der Waals surface area contributed by atoms with E-state index in [1.807, 2.05) is 19.9 Å². The lowest BCUT2D eigenvalue weighted by atomic mass is 9.89. The second-order valence-electron chi connectivity index (χ2n) is 5.56. The molecular weight excluding hydrogens is 282 g/mol. The van der Waals surface area contributed by atoms with Gasteiger partial charge in [0, 0.05) is 6.54 Å². The number of hydrogen-bond donors (Lipinski definition) is 0. The predicted octanol–water partition coefficient (Wildman–Crippen LogP) is 2.59. The third-order valence-electron chi connectivity index (χ3n) is 4.19. The molecule has 1 heterocycles. The number of nitrogens with zero attached hydrogens (tertiary/aromatic N) is 1. The molecule has 1 saturated heterocycles. The van der Waals surface area contributed by atoms with Crippen molar-refractivity contribution < 1.29 is 19.1 Å². The van der Waals surface area contributed by atoms with Crippen molar-refractivity contribution in [2.45, 2.75) is 32.6 Å². The molecule has 5 heteroatoms. The molecular formula is C17H23NO4. The highest BCUT2D eigenvalue weighted by Crippen LogP contribution is 2.38. The minimum absolute atomic E-state index is 0.0850. The summed E-state index contributed by atoms with van der Waals surface area (Å²) in [5, 5.41) is 0. The Balaban J connectivity index is 2.32. The molecule has 0 bridgehead atoms. The van der Waals surface area contributed by atoms with Crippen molar-refractivity contribution >= 4 is 11.8 Å². The Hall–Kier alpha value is -2.04. The molecule has 0 radical (unpaired) electrons. The highest BCUT2D eigenvalue weighted by Gasteiger charge is 2.45. The molecule has 1 aliphatic rings. The third kappa shape index (κ3) is 2.80. The minimum Gasteiger partial charge on any atom is -0.493 e. The molecule has 1 fully saturated rings. The van der Waals surface area contributed by atoms with E-state index in [1.54, 1.807) is 26.4 Å². The zero-order valence-corrected chi connectivity index (χ0v) is 13.6. The number of likely N-dealkylation sites (tertiary alicyclic amines) is 1. The minimum atomic E-state index is -0.441. The van der Waals surface area contributed by atoms with E-state index < -0.39 is 5.92 Å². The highest BCUT2D eigenvalue weighted by molar-refractivity contribution is 6.07. The molecule has 1 aliphatic heterocycles.